The molecule has 1 atom stereocenters. The number of carbonyl (C=O) groups is 2. The number of amides is 2. The third-order valence-corrected chi connectivity index (χ3v) is 4.06. The van der Waals surface area contributed by atoms with Gasteiger partial charge < -0.3 is 15.4 Å². The summed E-state index contributed by atoms with van der Waals surface area (Å²) in [7, 11) is 0. The van der Waals surface area contributed by atoms with Gasteiger partial charge in [0.05, 0.1) is 5.41 Å². The zero-order valence-corrected chi connectivity index (χ0v) is 13.7. The molecule has 2 heterocycles. The van der Waals surface area contributed by atoms with E-state index in [2.05, 4.69) is 15.6 Å². The lowest BCUT2D eigenvalue weighted by Gasteiger charge is -2.20. The summed E-state index contributed by atoms with van der Waals surface area (Å²) in [6, 6.07) is 9.11. The molecule has 1 saturated heterocycles. The predicted molar refractivity (Wildman–Crippen MR) is 88.3 cm³/mol. The number of benzene rings is 1. The molecule has 2 amide bonds. The summed E-state index contributed by atoms with van der Waals surface area (Å²) in [5.41, 5.74) is 0.0940. The smallest absolute Gasteiger partial charge is 0.228 e. The van der Waals surface area contributed by atoms with Crippen molar-refractivity contribution in [1.29, 1.82) is 0 Å². The largest absolute Gasteiger partial charge is 0.439 e. The van der Waals surface area contributed by atoms with Gasteiger partial charge in [0.1, 0.15) is 11.6 Å². The molecule has 0 radical (unpaired) electrons. The summed E-state index contributed by atoms with van der Waals surface area (Å²) in [5, 5.41) is 5.49. The van der Waals surface area contributed by atoms with E-state index >= 15 is 0 Å². The van der Waals surface area contributed by atoms with Crippen LogP contribution in [0.4, 0.5) is 4.39 Å². The van der Waals surface area contributed by atoms with Crippen LogP contribution in [0.3, 0.4) is 0 Å². The third-order valence-electron chi connectivity index (χ3n) is 4.06. The molecule has 2 aromatic rings. The van der Waals surface area contributed by atoms with Crippen molar-refractivity contribution in [3.8, 4) is 11.6 Å². The highest BCUT2D eigenvalue weighted by Crippen LogP contribution is 2.25. The number of halogens is 1. The molecule has 7 heteroatoms. The maximum absolute atomic E-state index is 12.9. The van der Waals surface area contributed by atoms with Gasteiger partial charge in [0.25, 0.3) is 0 Å². The number of nitrogens with one attached hydrogen (secondary N) is 2. The fraction of sp³-hybridized carbons (Fsp3) is 0.278. The summed E-state index contributed by atoms with van der Waals surface area (Å²) in [6.07, 6.45) is 1.79. The maximum Gasteiger partial charge on any atom is 0.228 e. The molecule has 0 aliphatic carbocycles. The Hall–Kier alpha value is -2.96. The van der Waals surface area contributed by atoms with Crippen molar-refractivity contribution in [2.45, 2.75) is 19.9 Å². The molecule has 1 aliphatic rings. The van der Waals surface area contributed by atoms with Crippen LogP contribution in [-0.2, 0) is 16.1 Å². The molecule has 0 spiro atoms. The van der Waals surface area contributed by atoms with Gasteiger partial charge in [-0.3, -0.25) is 9.59 Å². The van der Waals surface area contributed by atoms with E-state index in [1.54, 1.807) is 25.3 Å². The Morgan fingerprint density at radius 1 is 1.32 bits per heavy atom. The highest BCUT2D eigenvalue weighted by molar-refractivity contribution is 5.92. The summed E-state index contributed by atoms with van der Waals surface area (Å²) in [4.78, 5) is 27.7. The van der Waals surface area contributed by atoms with Gasteiger partial charge in [0.15, 0.2) is 0 Å². The first-order valence-electron chi connectivity index (χ1n) is 7.88. The highest BCUT2D eigenvalue weighted by Gasteiger charge is 2.40. The highest BCUT2D eigenvalue weighted by atomic mass is 19.1. The van der Waals surface area contributed by atoms with Crippen LogP contribution in [0.2, 0.25) is 0 Å². The Bertz CT molecular complexity index is 777. The topological polar surface area (TPSA) is 80.3 Å². The van der Waals surface area contributed by atoms with E-state index in [9.17, 15) is 14.0 Å². The molecule has 1 aromatic heterocycles. The molecule has 2 N–H and O–H groups in total. The number of nitrogens with zero attached hydrogens (tertiary/aromatic N) is 1. The Morgan fingerprint density at radius 3 is 2.68 bits per heavy atom. The van der Waals surface area contributed by atoms with E-state index in [0.29, 0.717) is 24.7 Å². The third kappa shape index (κ3) is 4.12. The van der Waals surface area contributed by atoms with Crippen molar-refractivity contribution >= 4 is 11.8 Å². The minimum absolute atomic E-state index is 0.110. The molecule has 1 aromatic carbocycles. The molecule has 0 saturated carbocycles. The van der Waals surface area contributed by atoms with Crippen molar-refractivity contribution in [1.82, 2.24) is 15.6 Å². The number of pyridine rings is 1. The Balaban J connectivity index is 1.55. The average Bonchev–Trinajstić information content (AvgIpc) is 2.96. The van der Waals surface area contributed by atoms with Crippen molar-refractivity contribution in [3.05, 3.63) is 54.0 Å². The summed E-state index contributed by atoms with van der Waals surface area (Å²) >= 11 is 0. The van der Waals surface area contributed by atoms with E-state index in [4.69, 9.17) is 4.74 Å². The fourth-order valence-electron chi connectivity index (χ4n) is 2.53. The van der Waals surface area contributed by atoms with Gasteiger partial charge in [-0.15, -0.1) is 0 Å². The number of aromatic nitrogens is 1. The van der Waals surface area contributed by atoms with E-state index in [0.717, 1.165) is 5.56 Å². The van der Waals surface area contributed by atoms with Gasteiger partial charge in [-0.25, -0.2) is 9.37 Å². The van der Waals surface area contributed by atoms with Gasteiger partial charge in [-0.05, 0) is 36.8 Å². The molecule has 3 rings (SSSR count). The first kappa shape index (κ1) is 16.9. The quantitative estimate of drug-likeness (QED) is 0.872. The van der Waals surface area contributed by atoms with Crippen LogP contribution in [-0.4, -0.2) is 23.3 Å². The lowest BCUT2D eigenvalue weighted by molar-refractivity contribution is -0.131. The normalized spacial score (nSPS) is 19.4. The first-order chi connectivity index (χ1) is 11.9. The average molecular weight is 343 g/mol. The van der Waals surface area contributed by atoms with Crippen molar-refractivity contribution in [2.24, 2.45) is 5.41 Å². The maximum atomic E-state index is 12.9. The van der Waals surface area contributed by atoms with E-state index < -0.39 is 5.41 Å². The number of hydrogen-bond donors (Lipinski definition) is 2. The summed E-state index contributed by atoms with van der Waals surface area (Å²) < 4.78 is 18.4. The molecule has 1 aliphatic heterocycles. The molecule has 25 heavy (non-hydrogen) atoms. The standard InChI is InChI=1S/C18H18FN3O3/c1-18(8-15(23)22-11-18)17(24)21-10-12-2-7-16(20-9-12)25-14-5-3-13(19)4-6-14/h2-7,9H,8,10-11H2,1H3,(H,21,24)(H,22,23)/t18-/m1/s1. The van der Waals surface area contributed by atoms with Crippen LogP contribution < -0.4 is 15.4 Å². The Labute approximate surface area is 144 Å². The first-order valence-corrected chi connectivity index (χ1v) is 7.88. The number of rotatable bonds is 5. The monoisotopic (exact) mass is 343 g/mol. The molecule has 0 unspecified atom stereocenters. The van der Waals surface area contributed by atoms with Crippen LogP contribution in [0.15, 0.2) is 42.6 Å². The lowest BCUT2D eigenvalue weighted by Crippen LogP contribution is -2.40. The molecule has 6 nitrogen and oxygen atoms in total. The van der Waals surface area contributed by atoms with Crippen LogP contribution in [0.25, 0.3) is 0 Å². The second-order valence-electron chi connectivity index (χ2n) is 6.26. The number of carbonyl (C=O) groups excluding carboxylic acids is 2. The van der Waals surface area contributed by atoms with Gasteiger partial charge in [0.2, 0.25) is 17.7 Å². The van der Waals surface area contributed by atoms with Crippen molar-refractivity contribution in [2.75, 3.05) is 6.54 Å². The van der Waals surface area contributed by atoms with E-state index in [1.165, 1.54) is 24.3 Å². The zero-order valence-electron chi connectivity index (χ0n) is 13.7. The second kappa shape index (κ2) is 6.88. The molecular weight excluding hydrogens is 325 g/mol. The SMILES string of the molecule is C[C@]1(C(=O)NCc2ccc(Oc3ccc(F)cc3)nc2)CNC(=O)C1. The zero-order chi connectivity index (χ0) is 17.9. The van der Waals surface area contributed by atoms with E-state index in [1.807, 2.05) is 0 Å². The fourth-order valence-corrected chi connectivity index (χ4v) is 2.53. The molecular formula is C18H18FN3O3. The van der Waals surface area contributed by atoms with Gasteiger partial charge in [-0.2, -0.15) is 0 Å². The predicted octanol–water partition coefficient (Wildman–Crippen LogP) is 2.16. The van der Waals surface area contributed by atoms with Gasteiger partial charge in [-0.1, -0.05) is 6.07 Å². The number of hydrogen-bond acceptors (Lipinski definition) is 4. The molecule has 1 fully saturated rings. The van der Waals surface area contributed by atoms with Crippen molar-refractivity contribution in [3.63, 3.8) is 0 Å². The van der Waals surface area contributed by atoms with Crippen molar-refractivity contribution < 1.29 is 18.7 Å². The van der Waals surface area contributed by atoms with Gasteiger partial charge >= 0.3 is 0 Å². The Kier molecular flexibility index (Phi) is 4.65. The molecule has 0 bridgehead atoms. The second-order valence-corrected chi connectivity index (χ2v) is 6.26. The van der Waals surface area contributed by atoms with Crippen LogP contribution in [0.1, 0.15) is 18.9 Å². The summed E-state index contributed by atoms with van der Waals surface area (Å²) in [6.45, 7) is 2.42. The van der Waals surface area contributed by atoms with Gasteiger partial charge in [0, 0.05) is 31.8 Å². The van der Waals surface area contributed by atoms with E-state index in [-0.39, 0.29) is 24.1 Å². The minimum Gasteiger partial charge on any atom is -0.439 e. The lowest BCUT2D eigenvalue weighted by atomic mass is 9.88. The van der Waals surface area contributed by atoms with Crippen LogP contribution in [0.5, 0.6) is 11.6 Å². The molecule has 130 valence electrons. The number of ether oxygens (including phenoxy) is 1. The Morgan fingerprint density at radius 2 is 2.08 bits per heavy atom. The minimum atomic E-state index is -0.712. The van der Waals surface area contributed by atoms with Crippen LogP contribution >= 0.6 is 0 Å². The van der Waals surface area contributed by atoms with Crippen LogP contribution in [0, 0.1) is 11.2 Å². The summed E-state index contributed by atoms with van der Waals surface area (Å²) in [5.74, 6) is 0.249.